The predicted molar refractivity (Wildman–Crippen MR) is 233 cm³/mol. The SMILES string of the molecule is CN(C)c1ccc(C(=O)OC(CSC(c2ccccc2)(c2ccccc2)c2ccccc2)CSC(c2ccccc2)(c2ccccc2)c2ccccc2)cc1. The van der Waals surface area contributed by atoms with Crippen LogP contribution in [0.5, 0.6) is 0 Å². The minimum atomic E-state index is -0.568. The van der Waals surface area contributed by atoms with Crippen molar-refractivity contribution in [1.29, 1.82) is 0 Å². The van der Waals surface area contributed by atoms with Crippen LogP contribution >= 0.6 is 23.5 Å². The smallest absolute Gasteiger partial charge is 0.338 e. The summed E-state index contributed by atoms with van der Waals surface area (Å²) in [6.07, 6.45) is -0.456. The van der Waals surface area contributed by atoms with Gasteiger partial charge in [-0.1, -0.05) is 182 Å². The second kappa shape index (κ2) is 17.8. The van der Waals surface area contributed by atoms with Gasteiger partial charge in [0.2, 0.25) is 0 Å². The van der Waals surface area contributed by atoms with E-state index in [1.807, 2.05) is 66.8 Å². The van der Waals surface area contributed by atoms with E-state index in [-0.39, 0.29) is 5.97 Å². The first-order chi connectivity index (χ1) is 27.0. The van der Waals surface area contributed by atoms with Crippen molar-refractivity contribution >= 4 is 35.2 Å². The van der Waals surface area contributed by atoms with Crippen molar-refractivity contribution in [3.8, 4) is 0 Å². The fourth-order valence-corrected chi connectivity index (χ4v) is 10.4. The van der Waals surface area contributed by atoms with Crippen LogP contribution in [0.25, 0.3) is 0 Å². The third-order valence-corrected chi connectivity index (χ3v) is 13.3. The van der Waals surface area contributed by atoms with E-state index in [1.54, 1.807) is 0 Å². The second-order valence-electron chi connectivity index (χ2n) is 13.6. The Kier molecular flexibility index (Phi) is 12.2. The topological polar surface area (TPSA) is 29.5 Å². The van der Waals surface area contributed by atoms with Crippen molar-refractivity contribution in [2.75, 3.05) is 30.5 Å². The maximum Gasteiger partial charge on any atom is 0.338 e. The number of carbonyl (C=O) groups is 1. The van der Waals surface area contributed by atoms with Crippen LogP contribution in [0.3, 0.4) is 0 Å². The Morgan fingerprint density at radius 2 is 0.727 bits per heavy atom. The maximum absolute atomic E-state index is 14.2. The van der Waals surface area contributed by atoms with Gasteiger partial charge in [-0.15, -0.1) is 23.5 Å². The fourth-order valence-electron chi connectivity index (χ4n) is 7.20. The zero-order chi connectivity index (χ0) is 37.9. The number of thioether (sulfide) groups is 2. The number of rotatable bonds is 15. The molecule has 55 heavy (non-hydrogen) atoms. The van der Waals surface area contributed by atoms with Crippen LogP contribution in [-0.2, 0) is 14.2 Å². The fraction of sp³-hybridized carbons (Fsp3) is 0.140. The van der Waals surface area contributed by atoms with Gasteiger partial charge in [0.1, 0.15) is 6.10 Å². The van der Waals surface area contributed by atoms with Gasteiger partial charge in [-0.2, -0.15) is 0 Å². The van der Waals surface area contributed by atoms with Crippen molar-refractivity contribution < 1.29 is 9.53 Å². The van der Waals surface area contributed by atoms with Crippen molar-refractivity contribution in [2.45, 2.75) is 15.6 Å². The molecule has 0 aliphatic rings. The van der Waals surface area contributed by atoms with E-state index in [4.69, 9.17) is 4.74 Å². The molecular formula is C50H45NO2S2. The Labute approximate surface area is 334 Å². The third kappa shape index (κ3) is 8.29. The monoisotopic (exact) mass is 755 g/mol. The number of anilines is 1. The van der Waals surface area contributed by atoms with Gasteiger partial charge in [0, 0.05) is 31.3 Å². The lowest BCUT2D eigenvalue weighted by molar-refractivity contribution is 0.0393. The zero-order valence-electron chi connectivity index (χ0n) is 31.2. The summed E-state index contributed by atoms with van der Waals surface area (Å²) in [7, 11) is 3.99. The van der Waals surface area contributed by atoms with Gasteiger partial charge in [0.15, 0.2) is 0 Å². The van der Waals surface area contributed by atoms with E-state index in [0.29, 0.717) is 17.1 Å². The van der Waals surface area contributed by atoms with Crippen LogP contribution < -0.4 is 4.90 Å². The first-order valence-corrected chi connectivity index (χ1v) is 20.6. The lowest BCUT2D eigenvalue weighted by atomic mass is 9.84. The van der Waals surface area contributed by atoms with Crippen LogP contribution in [0, 0.1) is 0 Å². The molecule has 0 atom stereocenters. The third-order valence-electron chi connectivity index (χ3n) is 9.95. The van der Waals surface area contributed by atoms with Crippen LogP contribution in [0.4, 0.5) is 5.69 Å². The van der Waals surface area contributed by atoms with Crippen molar-refractivity contribution in [2.24, 2.45) is 0 Å². The molecule has 0 N–H and O–H groups in total. The summed E-state index contributed by atoms with van der Waals surface area (Å²) in [6, 6.07) is 71.8. The molecule has 0 amide bonds. The van der Waals surface area contributed by atoms with Crippen LogP contribution in [0.15, 0.2) is 206 Å². The summed E-state index contributed by atoms with van der Waals surface area (Å²) >= 11 is 3.64. The molecule has 0 aliphatic carbocycles. The average Bonchev–Trinajstić information content (AvgIpc) is 3.26. The number of carbonyl (C=O) groups excluding carboxylic acids is 1. The largest absolute Gasteiger partial charge is 0.457 e. The van der Waals surface area contributed by atoms with Crippen molar-refractivity contribution in [1.82, 2.24) is 0 Å². The molecule has 0 unspecified atom stereocenters. The Hall–Kier alpha value is -5.49. The van der Waals surface area contributed by atoms with E-state index in [1.165, 1.54) is 33.4 Å². The molecule has 7 aromatic rings. The summed E-state index contributed by atoms with van der Waals surface area (Å²) in [5.41, 5.74) is 8.57. The molecule has 0 aromatic heterocycles. The van der Waals surface area contributed by atoms with Gasteiger partial charge < -0.3 is 9.64 Å². The predicted octanol–water partition coefficient (Wildman–Crippen LogP) is 11.7. The van der Waals surface area contributed by atoms with Gasteiger partial charge >= 0.3 is 5.97 Å². The quantitative estimate of drug-likeness (QED) is 0.0768. The Morgan fingerprint density at radius 1 is 0.455 bits per heavy atom. The van der Waals surface area contributed by atoms with Gasteiger partial charge in [-0.05, 0) is 57.6 Å². The molecule has 3 nitrogen and oxygen atoms in total. The number of hydrogen-bond acceptors (Lipinski definition) is 5. The molecule has 274 valence electrons. The van der Waals surface area contributed by atoms with E-state index in [9.17, 15) is 4.79 Å². The van der Waals surface area contributed by atoms with E-state index in [2.05, 4.69) is 182 Å². The number of esters is 1. The molecule has 0 radical (unpaired) electrons. The normalized spacial score (nSPS) is 11.6. The standard InChI is InChI=1S/C50H45NO2S2/c1-51(2)46-35-33-39(34-36-46)48(52)53-47(37-54-49(40-21-9-3-10-22-40,41-23-11-4-12-24-41)42-25-13-5-14-26-42)38-55-50(43-27-15-6-16-28-43,44-29-17-7-18-30-44)45-31-19-8-20-32-45/h3-36,47H,37-38H2,1-2H3. The molecule has 0 fully saturated rings. The lowest BCUT2D eigenvalue weighted by Gasteiger charge is -2.38. The van der Waals surface area contributed by atoms with Crippen LogP contribution in [0.2, 0.25) is 0 Å². The van der Waals surface area contributed by atoms with E-state index < -0.39 is 15.6 Å². The summed E-state index contributed by atoms with van der Waals surface area (Å²) in [5.74, 6) is 0.759. The minimum Gasteiger partial charge on any atom is -0.457 e. The molecule has 0 saturated carbocycles. The molecule has 7 rings (SSSR count). The highest BCUT2D eigenvalue weighted by molar-refractivity contribution is 8.01. The molecular weight excluding hydrogens is 711 g/mol. The zero-order valence-corrected chi connectivity index (χ0v) is 32.8. The Balaban J connectivity index is 1.32. The number of nitrogens with zero attached hydrogens (tertiary/aromatic N) is 1. The summed E-state index contributed by atoms with van der Waals surface area (Å²) < 4.78 is 5.51. The molecule has 0 spiro atoms. The second-order valence-corrected chi connectivity index (χ2v) is 16.1. The van der Waals surface area contributed by atoms with Gasteiger partial charge in [-0.25, -0.2) is 4.79 Å². The summed E-state index contributed by atoms with van der Waals surface area (Å²) in [5, 5.41) is 0. The highest BCUT2D eigenvalue weighted by Gasteiger charge is 2.41. The van der Waals surface area contributed by atoms with Crippen LogP contribution in [-0.4, -0.2) is 37.7 Å². The molecule has 0 bridgehead atoms. The Bertz CT molecular complexity index is 1890. The molecule has 0 saturated heterocycles. The van der Waals surface area contributed by atoms with Crippen molar-refractivity contribution in [3.05, 3.63) is 245 Å². The molecule has 0 aliphatic heterocycles. The molecule has 7 aromatic carbocycles. The van der Waals surface area contributed by atoms with Crippen LogP contribution in [0.1, 0.15) is 43.7 Å². The highest BCUT2D eigenvalue weighted by Crippen LogP contribution is 2.51. The Morgan fingerprint density at radius 3 is 0.982 bits per heavy atom. The van der Waals surface area contributed by atoms with Crippen molar-refractivity contribution in [3.63, 3.8) is 0 Å². The van der Waals surface area contributed by atoms with Gasteiger partial charge in [0.25, 0.3) is 0 Å². The van der Waals surface area contributed by atoms with E-state index in [0.717, 1.165) is 5.69 Å². The number of benzene rings is 7. The summed E-state index contributed by atoms with van der Waals surface area (Å²) in [4.78, 5) is 16.2. The molecule has 0 heterocycles. The molecule has 5 heteroatoms. The highest BCUT2D eigenvalue weighted by atomic mass is 32.2. The summed E-state index contributed by atoms with van der Waals surface area (Å²) in [6.45, 7) is 0. The number of ether oxygens (including phenoxy) is 1. The average molecular weight is 756 g/mol. The van der Waals surface area contributed by atoms with E-state index >= 15 is 0 Å². The first-order valence-electron chi connectivity index (χ1n) is 18.6. The van der Waals surface area contributed by atoms with Gasteiger partial charge in [0.05, 0.1) is 15.1 Å². The minimum absolute atomic E-state index is 0.328. The lowest BCUT2D eigenvalue weighted by Crippen LogP contribution is -2.33. The first kappa shape index (κ1) is 37.8. The number of hydrogen-bond donors (Lipinski definition) is 0. The maximum atomic E-state index is 14.2. The van der Waals surface area contributed by atoms with Gasteiger partial charge in [-0.3, -0.25) is 0 Å².